The van der Waals surface area contributed by atoms with E-state index in [0.29, 0.717) is 12.3 Å². The van der Waals surface area contributed by atoms with E-state index in [-0.39, 0.29) is 17.2 Å². The van der Waals surface area contributed by atoms with E-state index in [4.69, 9.17) is 9.47 Å². The predicted octanol–water partition coefficient (Wildman–Crippen LogP) is 2.46. The van der Waals surface area contributed by atoms with Crippen LogP contribution in [0.15, 0.2) is 47.4 Å². The summed E-state index contributed by atoms with van der Waals surface area (Å²) in [6, 6.07) is 9.64. The Morgan fingerprint density at radius 1 is 1.26 bits per heavy atom. The minimum atomic E-state index is -0.663. The molecule has 1 heterocycles. The highest BCUT2D eigenvalue weighted by Gasteiger charge is 2.17. The van der Waals surface area contributed by atoms with Crippen LogP contribution < -0.4 is 20.3 Å². The number of carbonyl (C=O) groups is 1. The van der Waals surface area contributed by atoms with Crippen molar-refractivity contribution in [1.82, 2.24) is 4.57 Å². The van der Waals surface area contributed by atoms with Crippen LogP contribution in [0, 0.1) is 0 Å². The van der Waals surface area contributed by atoms with Crippen molar-refractivity contribution < 1.29 is 14.3 Å². The van der Waals surface area contributed by atoms with Crippen LogP contribution in [0.5, 0.6) is 11.5 Å². The van der Waals surface area contributed by atoms with Crippen LogP contribution >= 0.6 is 0 Å². The molecule has 122 valence electrons. The van der Waals surface area contributed by atoms with Gasteiger partial charge in [0.1, 0.15) is 11.8 Å². The summed E-state index contributed by atoms with van der Waals surface area (Å²) < 4.78 is 11.7. The van der Waals surface area contributed by atoms with E-state index in [1.807, 2.05) is 6.92 Å². The monoisotopic (exact) mass is 316 g/mol. The lowest BCUT2D eigenvalue weighted by atomic mass is 10.2. The topological polar surface area (TPSA) is 69.6 Å². The Labute approximate surface area is 134 Å². The fourth-order valence-corrected chi connectivity index (χ4v) is 2.12. The molecule has 0 radical (unpaired) electrons. The number of hydrogen-bond acceptors (Lipinski definition) is 4. The van der Waals surface area contributed by atoms with E-state index in [1.165, 1.54) is 11.7 Å². The van der Waals surface area contributed by atoms with Crippen LogP contribution in [0.3, 0.4) is 0 Å². The number of nitrogens with zero attached hydrogens (tertiary/aromatic N) is 1. The van der Waals surface area contributed by atoms with Crippen molar-refractivity contribution in [2.45, 2.75) is 19.9 Å². The van der Waals surface area contributed by atoms with Crippen molar-refractivity contribution in [1.29, 1.82) is 0 Å². The highest BCUT2D eigenvalue weighted by molar-refractivity contribution is 5.93. The minimum absolute atomic E-state index is 0.202. The van der Waals surface area contributed by atoms with Gasteiger partial charge in [-0.3, -0.25) is 9.59 Å². The molecule has 2 aromatic rings. The normalized spacial score (nSPS) is 11.6. The van der Waals surface area contributed by atoms with E-state index < -0.39 is 6.04 Å². The number of rotatable bonds is 6. The van der Waals surface area contributed by atoms with Gasteiger partial charge in [-0.25, -0.2) is 0 Å². The molecule has 6 nitrogen and oxygen atoms in total. The van der Waals surface area contributed by atoms with Gasteiger partial charge >= 0.3 is 0 Å². The third-order valence-corrected chi connectivity index (χ3v) is 3.39. The molecule has 2 rings (SSSR count). The Morgan fingerprint density at radius 3 is 2.57 bits per heavy atom. The number of nitrogens with one attached hydrogen (secondary N) is 1. The molecular weight excluding hydrogens is 296 g/mol. The summed E-state index contributed by atoms with van der Waals surface area (Å²) >= 11 is 0. The molecule has 1 atom stereocenters. The van der Waals surface area contributed by atoms with E-state index in [9.17, 15) is 9.59 Å². The van der Waals surface area contributed by atoms with Gasteiger partial charge in [0.15, 0.2) is 5.75 Å². The van der Waals surface area contributed by atoms with Gasteiger partial charge in [-0.2, -0.15) is 0 Å². The molecule has 0 aliphatic heterocycles. The fraction of sp³-hybridized carbons (Fsp3) is 0.294. The van der Waals surface area contributed by atoms with Crippen LogP contribution in [-0.2, 0) is 4.79 Å². The molecule has 1 amide bonds. The number of anilines is 1. The Hall–Kier alpha value is -2.76. The van der Waals surface area contributed by atoms with Crippen LogP contribution in [-0.4, -0.2) is 24.2 Å². The van der Waals surface area contributed by atoms with Crippen molar-refractivity contribution in [2.24, 2.45) is 0 Å². The lowest BCUT2D eigenvalue weighted by molar-refractivity contribution is -0.118. The maximum atomic E-state index is 12.3. The summed E-state index contributed by atoms with van der Waals surface area (Å²) in [7, 11) is 1.42. The summed E-state index contributed by atoms with van der Waals surface area (Å²) in [6.07, 6.45) is 1.56. The second-order valence-electron chi connectivity index (χ2n) is 4.91. The van der Waals surface area contributed by atoms with Gasteiger partial charge < -0.3 is 19.4 Å². The summed E-state index contributed by atoms with van der Waals surface area (Å²) in [4.78, 5) is 24.5. The number of methoxy groups -OCH3 is 1. The lowest BCUT2D eigenvalue weighted by Gasteiger charge is -2.16. The number of pyridine rings is 1. The zero-order valence-corrected chi connectivity index (χ0v) is 13.4. The van der Waals surface area contributed by atoms with E-state index >= 15 is 0 Å². The zero-order valence-electron chi connectivity index (χ0n) is 13.4. The molecule has 1 aromatic carbocycles. The summed E-state index contributed by atoms with van der Waals surface area (Å²) in [5, 5.41) is 2.78. The van der Waals surface area contributed by atoms with Crippen molar-refractivity contribution >= 4 is 11.6 Å². The number of aromatic nitrogens is 1. The number of amides is 1. The van der Waals surface area contributed by atoms with Crippen LogP contribution in [0.25, 0.3) is 0 Å². The molecule has 0 saturated heterocycles. The smallest absolute Gasteiger partial charge is 0.293 e. The average molecular weight is 316 g/mol. The van der Waals surface area contributed by atoms with Gasteiger partial charge in [0, 0.05) is 11.9 Å². The number of hydrogen-bond donors (Lipinski definition) is 1. The predicted molar refractivity (Wildman–Crippen MR) is 88.2 cm³/mol. The SMILES string of the molecule is CCOc1ccc(NC(=O)C(C)n2cccc(OC)c2=O)cc1. The molecule has 0 aliphatic rings. The first-order chi connectivity index (χ1) is 11.1. The molecule has 6 heteroatoms. The molecule has 23 heavy (non-hydrogen) atoms. The van der Waals surface area contributed by atoms with E-state index in [2.05, 4.69) is 5.32 Å². The number of carbonyl (C=O) groups excluding carboxylic acids is 1. The molecule has 0 bridgehead atoms. The highest BCUT2D eigenvalue weighted by Crippen LogP contribution is 2.17. The van der Waals surface area contributed by atoms with Gasteiger partial charge in [0.25, 0.3) is 5.56 Å². The maximum Gasteiger partial charge on any atom is 0.293 e. The van der Waals surface area contributed by atoms with Crippen molar-refractivity contribution in [3.63, 3.8) is 0 Å². The molecule has 1 unspecified atom stereocenters. The molecule has 0 spiro atoms. The molecule has 0 fully saturated rings. The largest absolute Gasteiger partial charge is 0.494 e. The Bertz CT molecular complexity index is 722. The quantitative estimate of drug-likeness (QED) is 0.889. The summed E-state index contributed by atoms with van der Waals surface area (Å²) in [5.74, 6) is 0.653. The van der Waals surface area contributed by atoms with E-state index in [1.54, 1.807) is 49.5 Å². The minimum Gasteiger partial charge on any atom is -0.494 e. The molecule has 0 aliphatic carbocycles. The van der Waals surface area contributed by atoms with Gasteiger partial charge in [0.05, 0.1) is 13.7 Å². The molecule has 1 aromatic heterocycles. The lowest BCUT2D eigenvalue weighted by Crippen LogP contribution is -2.31. The summed E-state index contributed by atoms with van der Waals surface area (Å²) in [6.45, 7) is 4.15. The molecular formula is C17H20N2O4. The average Bonchev–Trinajstić information content (AvgIpc) is 2.56. The first kappa shape index (κ1) is 16.6. The number of ether oxygens (including phenoxy) is 2. The van der Waals surface area contributed by atoms with E-state index in [0.717, 1.165) is 5.75 Å². The van der Waals surface area contributed by atoms with Crippen LogP contribution in [0.2, 0.25) is 0 Å². The summed E-state index contributed by atoms with van der Waals surface area (Å²) in [5.41, 5.74) is 0.297. The standard InChI is InChI=1S/C17H20N2O4/c1-4-23-14-9-7-13(8-10-14)18-16(20)12(2)19-11-5-6-15(22-3)17(19)21/h5-12H,4H2,1-3H3,(H,18,20). The first-order valence-electron chi connectivity index (χ1n) is 7.35. The Balaban J connectivity index is 2.12. The zero-order chi connectivity index (χ0) is 16.8. The maximum absolute atomic E-state index is 12.3. The van der Waals surface area contributed by atoms with Crippen LogP contribution in [0.4, 0.5) is 5.69 Å². The van der Waals surface area contributed by atoms with Gasteiger partial charge in [0.2, 0.25) is 5.91 Å². The van der Waals surface area contributed by atoms with Crippen molar-refractivity contribution in [2.75, 3.05) is 19.0 Å². The van der Waals surface area contributed by atoms with Gasteiger partial charge in [-0.15, -0.1) is 0 Å². The Morgan fingerprint density at radius 2 is 1.96 bits per heavy atom. The first-order valence-corrected chi connectivity index (χ1v) is 7.35. The second kappa shape index (κ2) is 7.49. The van der Waals surface area contributed by atoms with Gasteiger partial charge in [-0.1, -0.05) is 0 Å². The highest BCUT2D eigenvalue weighted by atomic mass is 16.5. The molecule has 0 saturated carbocycles. The third kappa shape index (κ3) is 3.91. The molecule has 1 N–H and O–H groups in total. The van der Waals surface area contributed by atoms with Crippen molar-refractivity contribution in [3.8, 4) is 11.5 Å². The Kier molecular flexibility index (Phi) is 5.41. The third-order valence-electron chi connectivity index (χ3n) is 3.39. The fourth-order valence-electron chi connectivity index (χ4n) is 2.12. The van der Waals surface area contributed by atoms with Crippen molar-refractivity contribution in [3.05, 3.63) is 52.9 Å². The second-order valence-corrected chi connectivity index (χ2v) is 4.91. The van der Waals surface area contributed by atoms with Crippen LogP contribution in [0.1, 0.15) is 19.9 Å². The number of benzene rings is 1. The van der Waals surface area contributed by atoms with Gasteiger partial charge in [-0.05, 0) is 50.2 Å².